The first-order valence-corrected chi connectivity index (χ1v) is 6.20. The molecule has 0 bridgehead atoms. The highest BCUT2D eigenvalue weighted by Crippen LogP contribution is 2.36. The van der Waals surface area contributed by atoms with E-state index in [1.54, 1.807) is 4.68 Å². The molecule has 3 rings (SSSR count). The number of fused-ring (bicyclic) bond motifs is 1. The molecule has 0 fully saturated rings. The minimum absolute atomic E-state index is 0.544. The average Bonchev–Trinajstić information content (AvgIpc) is 2.96. The van der Waals surface area contributed by atoms with E-state index < -0.39 is 6.09 Å². The van der Waals surface area contributed by atoms with Crippen molar-refractivity contribution in [2.24, 2.45) is 7.05 Å². The van der Waals surface area contributed by atoms with E-state index in [-0.39, 0.29) is 0 Å². The van der Waals surface area contributed by atoms with Gasteiger partial charge in [0.15, 0.2) is 0 Å². The first-order valence-electron chi connectivity index (χ1n) is 6.20. The molecule has 5 nitrogen and oxygen atoms in total. The summed E-state index contributed by atoms with van der Waals surface area (Å²) in [6.07, 6.45) is 3.70. The molecule has 0 saturated carbocycles. The molecule has 1 amide bonds. The Hall–Kier alpha value is -2.30. The third-order valence-electron chi connectivity index (χ3n) is 3.70. The van der Waals surface area contributed by atoms with Gasteiger partial charge in [-0.2, -0.15) is 5.10 Å². The third-order valence-corrected chi connectivity index (χ3v) is 3.70. The van der Waals surface area contributed by atoms with Crippen molar-refractivity contribution in [1.82, 2.24) is 9.78 Å². The van der Waals surface area contributed by atoms with Crippen LogP contribution in [0.25, 0.3) is 11.1 Å². The van der Waals surface area contributed by atoms with E-state index in [1.807, 2.05) is 38.5 Å². The predicted octanol–water partition coefficient (Wildman–Crippen LogP) is 2.44. The minimum Gasteiger partial charge on any atom is -0.465 e. The Morgan fingerprint density at radius 1 is 1.42 bits per heavy atom. The summed E-state index contributed by atoms with van der Waals surface area (Å²) in [6.45, 7) is 2.59. The first kappa shape index (κ1) is 11.8. The van der Waals surface area contributed by atoms with Gasteiger partial charge in [0.1, 0.15) is 0 Å². The molecule has 1 N–H and O–H groups in total. The highest BCUT2D eigenvalue weighted by Gasteiger charge is 2.26. The topological polar surface area (TPSA) is 58.4 Å². The van der Waals surface area contributed by atoms with Gasteiger partial charge in [-0.3, -0.25) is 9.58 Å². The fourth-order valence-electron chi connectivity index (χ4n) is 2.73. The van der Waals surface area contributed by atoms with Gasteiger partial charge in [0, 0.05) is 25.4 Å². The molecule has 0 aliphatic carbocycles. The number of hydrogen-bond acceptors (Lipinski definition) is 2. The van der Waals surface area contributed by atoms with Crippen molar-refractivity contribution in [2.45, 2.75) is 13.3 Å². The summed E-state index contributed by atoms with van der Waals surface area (Å²) in [5.41, 5.74) is 5.28. The molecule has 0 atom stereocenters. The van der Waals surface area contributed by atoms with E-state index in [9.17, 15) is 4.79 Å². The molecule has 0 unspecified atom stereocenters. The van der Waals surface area contributed by atoms with Gasteiger partial charge in [0.25, 0.3) is 0 Å². The molecule has 19 heavy (non-hydrogen) atoms. The molecule has 1 aliphatic heterocycles. The Balaban J connectivity index is 2.10. The van der Waals surface area contributed by atoms with Crippen molar-refractivity contribution in [1.29, 1.82) is 0 Å². The maximum absolute atomic E-state index is 11.1. The van der Waals surface area contributed by atoms with Gasteiger partial charge >= 0.3 is 6.09 Å². The number of carbonyl (C=O) groups is 1. The summed E-state index contributed by atoms with van der Waals surface area (Å²) >= 11 is 0. The molecule has 5 heteroatoms. The van der Waals surface area contributed by atoms with Gasteiger partial charge in [0.05, 0.1) is 11.9 Å². The van der Waals surface area contributed by atoms with E-state index >= 15 is 0 Å². The smallest absolute Gasteiger partial charge is 0.411 e. The molecule has 1 aliphatic rings. The van der Waals surface area contributed by atoms with Crippen LogP contribution in [-0.4, -0.2) is 27.5 Å². The van der Waals surface area contributed by atoms with Crippen LogP contribution in [0.1, 0.15) is 11.1 Å². The molecule has 2 aromatic rings. The molecule has 2 heterocycles. The van der Waals surface area contributed by atoms with E-state index in [1.165, 1.54) is 4.90 Å². The fourth-order valence-corrected chi connectivity index (χ4v) is 2.73. The zero-order chi connectivity index (χ0) is 13.6. The largest absolute Gasteiger partial charge is 0.465 e. The van der Waals surface area contributed by atoms with Gasteiger partial charge in [-0.25, -0.2) is 4.79 Å². The number of benzene rings is 1. The number of amides is 1. The average molecular weight is 257 g/mol. The summed E-state index contributed by atoms with van der Waals surface area (Å²) in [7, 11) is 1.89. The van der Waals surface area contributed by atoms with E-state index in [0.717, 1.165) is 34.4 Å². The van der Waals surface area contributed by atoms with E-state index in [4.69, 9.17) is 5.11 Å². The van der Waals surface area contributed by atoms with E-state index in [0.29, 0.717) is 6.54 Å². The van der Waals surface area contributed by atoms with Crippen LogP contribution >= 0.6 is 0 Å². The molecule has 0 saturated heterocycles. The Kier molecular flexibility index (Phi) is 2.55. The normalized spacial score (nSPS) is 13.7. The van der Waals surface area contributed by atoms with Gasteiger partial charge in [-0.05, 0) is 36.1 Å². The minimum atomic E-state index is -0.882. The van der Waals surface area contributed by atoms with Crippen molar-refractivity contribution >= 4 is 11.8 Å². The maximum atomic E-state index is 11.1. The summed E-state index contributed by atoms with van der Waals surface area (Å²) < 4.78 is 1.77. The highest BCUT2D eigenvalue weighted by molar-refractivity contribution is 5.90. The zero-order valence-electron chi connectivity index (χ0n) is 10.9. The van der Waals surface area contributed by atoms with Gasteiger partial charge < -0.3 is 5.11 Å². The number of rotatable bonds is 1. The Morgan fingerprint density at radius 3 is 2.84 bits per heavy atom. The van der Waals surface area contributed by atoms with Crippen LogP contribution in [0.5, 0.6) is 0 Å². The third kappa shape index (κ3) is 1.78. The van der Waals surface area contributed by atoms with Gasteiger partial charge in [-0.1, -0.05) is 6.07 Å². The summed E-state index contributed by atoms with van der Waals surface area (Å²) in [5, 5.41) is 13.3. The number of aryl methyl sites for hydroxylation is 1. The lowest BCUT2D eigenvalue weighted by Gasteiger charge is -2.14. The molecular formula is C14H15N3O2. The van der Waals surface area contributed by atoms with Crippen molar-refractivity contribution in [2.75, 3.05) is 11.4 Å². The molecule has 0 radical (unpaired) electrons. The molecule has 1 aromatic carbocycles. The lowest BCUT2D eigenvalue weighted by atomic mass is 9.97. The molecule has 0 spiro atoms. The molecule has 98 valence electrons. The molecule has 1 aromatic heterocycles. The Labute approximate surface area is 111 Å². The van der Waals surface area contributed by atoms with Crippen LogP contribution in [-0.2, 0) is 13.5 Å². The first-order chi connectivity index (χ1) is 9.08. The van der Waals surface area contributed by atoms with Crippen molar-refractivity contribution in [3.05, 3.63) is 35.7 Å². The summed E-state index contributed by atoms with van der Waals surface area (Å²) in [6, 6.07) is 3.87. The van der Waals surface area contributed by atoms with Crippen molar-refractivity contribution < 1.29 is 9.90 Å². The Morgan fingerprint density at radius 2 is 2.21 bits per heavy atom. The van der Waals surface area contributed by atoms with Crippen LogP contribution in [0.4, 0.5) is 10.5 Å². The monoisotopic (exact) mass is 257 g/mol. The van der Waals surface area contributed by atoms with Crippen LogP contribution < -0.4 is 4.90 Å². The van der Waals surface area contributed by atoms with Crippen LogP contribution in [0, 0.1) is 6.92 Å². The van der Waals surface area contributed by atoms with E-state index in [2.05, 4.69) is 5.10 Å². The molecular weight excluding hydrogens is 242 g/mol. The summed E-state index contributed by atoms with van der Waals surface area (Å²) in [4.78, 5) is 12.6. The zero-order valence-corrected chi connectivity index (χ0v) is 10.9. The number of aromatic nitrogens is 2. The summed E-state index contributed by atoms with van der Waals surface area (Å²) in [5.74, 6) is 0. The van der Waals surface area contributed by atoms with Crippen LogP contribution in [0.3, 0.4) is 0 Å². The second kappa shape index (κ2) is 4.12. The second-order valence-electron chi connectivity index (χ2n) is 4.82. The van der Waals surface area contributed by atoms with Crippen LogP contribution in [0.15, 0.2) is 24.5 Å². The Bertz CT molecular complexity index is 661. The van der Waals surface area contributed by atoms with Crippen molar-refractivity contribution in [3.63, 3.8) is 0 Å². The van der Waals surface area contributed by atoms with Crippen LogP contribution in [0.2, 0.25) is 0 Å². The van der Waals surface area contributed by atoms with Gasteiger partial charge in [0.2, 0.25) is 0 Å². The second-order valence-corrected chi connectivity index (χ2v) is 4.82. The van der Waals surface area contributed by atoms with Crippen molar-refractivity contribution in [3.8, 4) is 11.1 Å². The standard InChI is InChI=1S/C14H15N3O2/c1-9-11(10-7-15-16(2)8-10)3-4-13-12(9)5-6-17(13)14(18)19/h3-4,7-8H,5-6H2,1-2H3,(H,18,19). The quantitative estimate of drug-likeness (QED) is 0.853. The number of carboxylic acid groups (broad SMARTS) is 1. The number of anilines is 1. The highest BCUT2D eigenvalue weighted by atomic mass is 16.4. The fraction of sp³-hybridized carbons (Fsp3) is 0.286. The number of nitrogens with zero attached hydrogens (tertiary/aromatic N) is 3. The maximum Gasteiger partial charge on any atom is 0.411 e. The lowest BCUT2D eigenvalue weighted by Crippen LogP contribution is -2.26. The number of hydrogen-bond donors (Lipinski definition) is 1. The lowest BCUT2D eigenvalue weighted by molar-refractivity contribution is 0.202. The predicted molar refractivity (Wildman–Crippen MR) is 72.5 cm³/mol. The SMILES string of the molecule is Cc1c(-c2cnn(C)c2)ccc2c1CCN2C(=O)O. The van der Waals surface area contributed by atoms with Gasteiger partial charge in [-0.15, -0.1) is 0 Å².